The van der Waals surface area contributed by atoms with Crippen molar-refractivity contribution in [2.24, 2.45) is 40.6 Å². The lowest BCUT2D eigenvalue weighted by atomic mass is 9.63. The molecular formula is C20H19N3O6. The zero-order valence-electron chi connectivity index (χ0n) is 15.6. The molecule has 1 N–H and O–H groups in total. The molecule has 3 fully saturated rings. The summed E-state index contributed by atoms with van der Waals surface area (Å²) in [6, 6.07) is 2.51. The molecule has 0 aromatic heterocycles. The summed E-state index contributed by atoms with van der Waals surface area (Å²) < 4.78 is 5.24. The number of aromatic hydroxyl groups is 1. The molecule has 6 atom stereocenters. The monoisotopic (exact) mass is 397 g/mol. The van der Waals surface area contributed by atoms with Crippen LogP contribution in [-0.4, -0.2) is 39.7 Å². The molecule has 6 rings (SSSR count). The van der Waals surface area contributed by atoms with Crippen molar-refractivity contribution in [2.75, 3.05) is 6.61 Å². The Labute approximate surface area is 165 Å². The van der Waals surface area contributed by atoms with Gasteiger partial charge < -0.3 is 9.84 Å². The molecule has 2 amide bonds. The van der Waals surface area contributed by atoms with Gasteiger partial charge in [-0.2, -0.15) is 10.1 Å². The highest BCUT2D eigenvalue weighted by molar-refractivity contribution is 6.06. The highest BCUT2D eigenvalue weighted by Gasteiger charge is 2.67. The van der Waals surface area contributed by atoms with Crippen LogP contribution in [0.2, 0.25) is 0 Å². The van der Waals surface area contributed by atoms with Crippen molar-refractivity contribution in [2.45, 2.75) is 13.3 Å². The van der Waals surface area contributed by atoms with E-state index in [0.717, 1.165) is 17.5 Å². The number of nitro groups is 1. The molecule has 1 aromatic carbocycles. The van der Waals surface area contributed by atoms with Gasteiger partial charge in [-0.15, -0.1) is 0 Å². The molecule has 0 spiro atoms. The lowest BCUT2D eigenvalue weighted by Crippen LogP contribution is -2.40. The lowest BCUT2D eigenvalue weighted by molar-refractivity contribution is -0.386. The van der Waals surface area contributed by atoms with E-state index in [1.165, 1.54) is 12.3 Å². The summed E-state index contributed by atoms with van der Waals surface area (Å²) in [5.41, 5.74) is -0.287. The number of nitrogens with zero attached hydrogens (tertiary/aromatic N) is 3. The molecule has 0 unspecified atom stereocenters. The first-order valence-electron chi connectivity index (χ1n) is 9.66. The van der Waals surface area contributed by atoms with Gasteiger partial charge in [0.2, 0.25) is 5.75 Å². The van der Waals surface area contributed by atoms with Crippen molar-refractivity contribution in [3.05, 3.63) is 40.0 Å². The van der Waals surface area contributed by atoms with Crippen molar-refractivity contribution in [1.29, 1.82) is 0 Å². The number of ether oxygens (including phenoxy) is 1. The molecule has 1 aliphatic heterocycles. The molecule has 4 aliphatic carbocycles. The van der Waals surface area contributed by atoms with E-state index in [0.29, 0.717) is 11.8 Å². The summed E-state index contributed by atoms with van der Waals surface area (Å²) in [5, 5.41) is 26.2. The fourth-order valence-electron chi connectivity index (χ4n) is 5.27. The van der Waals surface area contributed by atoms with Gasteiger partial charge >= 0.3 is 5.69 Å². The van der Waals surface area contributed by atoms with Gasteiger partial charge in [0.25, 0.3) is 11.8 Å². The van der Waals surface area contributed by atoms with Crippen LogP contribution in [0.4, 0.5) is 5.69 Å². The maximum atomic E-state index is 12.9. The van der Waals surface area contributed by atoms with Gasteiger partial charge in [-0.3, -0.25) is 19.7 Å². The molecule has 9 heteroatoms. The van der Waals surface area contributed by atoms with E-state index < -0.39 is 16.4 Å². The van der Waals surface area contributed by atoms with E-state index in [9.17, 15) is 24.8 Å². The van der Waals surface area contributed by atoms with Gasteiger partial charge in [0, 0.05) is 11.6 Å². The Balaban J connectivity index is 1.45. The minimum absolute atomic E-state index is 0.0572. The topological polar surface area (TPSA) is 122 Å². The van der Waals surface area contributed by atoms with E-state index in [-0.39, 0.29) is 53.4 Å². The van der Waals surface area contributed by atoms with Gasteiger partial charge in [0.1, 0.15) is 0 Å². The van der Waals surface area contributed by atoms with Crippen LogP contribution < -0.4 is 4.74 Å². The van der Waals surface area contributed by atoms with Crippen molar-refractivity contribution in [3.63, 3.8) is 0 Å². The van der Waals surface area contributed by atoms with Crippen LogP contribution in [0, 0.1) is 45.6 Å². The van der Waals surface area contributed by atoms with E-state index in [2.05, 4.69) is 17.3 Å². The molecule has 1 saturated heterocycles. The summed E-state index contributed by atoms with van der Waals surface area (Å²) in [6.45, 7) is 1.89. The van der Waals surface area contributed by atoms with Gasteiger partial charge in [0.15, 0.2) is 5.75 Å². The third-order valence-corrected chi connectivity index (χ3v) is 6.54. The molecule has 5 aliphatic rings. The normalized spacial score (nSPS) is 33.9. The molecule has 1 heterocycles. The Bertz CT molecular complexity index is 966. The van der Waals surface area contributed by atoms with Gasteiger partial charge in [0.05, 0.1) is 29.6 Å². The fourth-order valence-corrected chi connectivity index (χ4v) is 5.27. The second kappa shape index (κ2) is 6.13. The number of amides is 2. The van der Waals surface area contributed by atoms with Crippen LogP contribution in [-0.2, 0) is 9.59 Å². The van der Waals surface area contributed by atoms with Crippen molar-refractivity contribution >= 4 is 23.7 Å². The van der Waals surface area contributed by atoms with E-state index >= 15 is 0 Å². The molecular weight excluding hydrogens is 378 g/mol. The minimum atomic E-state index is -0.731. The van der Waals surface area contributed by atoms with Crippen LogP contribution >= 0.6 is 0 Å². The van der Waals surface area contributed by atoms with E-state index in [1.54, 1.807) is 6.92 Å². The average molecular weight is 397 g/mol. The number of rotatable bonds is 5. The molecule has 0 radical (unpaired) electrons. The Morgan fingerprint density at radius 2 is 1.86 bits per heavy atom. The molecule has 150 valence electrons. The van der Waals surface area contributed by atoms with E-state index in [4.69, 9.17) is 4.74 Å². The fraction of sp³-hybridized carbons (Fsp3) is 0.450. The van der Waals surface area contributed by atoms with E-state index in [1.807, 2.05) is 0 Å². The number of hydrogen-bond donors (Lipinski definition) is 1. The number of carbonyl (C=O) groups excluding carboxylic acids is 2. The second-order valence-electron chi connectivity index (χ2n) is 7.96. The third-order valence-electron chi connectivity index (χ3n) is 6.54. The SMILES string of the molecule is CCOc1cc(/C=N\N2C(=O)[C@H]3[C@@H]4C=C[C@H]([C@@H]5C[C@H]45)[C@@H]3C2=O)cc([N+](=O)[O-])c1O. The highest BCUT2D eigenvalue weighted by atomic mass is 16.6. The first kappa shape index (κ1) is 17.8. The van der Waals surface area contributed by atoms with Gasteiger partial charge in [-0.1, -0.05) is 12.2 Å². The number of hydrazone groups is 1. The summed E-state index contributed by atoms with van der Waals surface area (Å²) in [6.07, 6.45) is 6.46. The zero-order chi connectivity index (χ0) is 20.4. The number of phenolic OH excluding ortho intramolecular Hbond substituents is 1. The highest BCUT2D eigenvalue weighted by Crippen LogP contribution is 2.65. The summed E-state index contributed by atoms with van der Waals surface area (Å²) in [4.78, 5) is 36.3. The number of hydrogen-bond acceptors (Lipinski definition) is 7. The number of imide groups is 1. The number of phenols is 1. The maximum Gasteiger partial charge on any atom is 0.315 e. The second-order valence-corrected chi connectivity index (χ2v) is 7.96. The van der Waals surface area contributed by atoms with Crippen LogP contribution in [0.15, 0.2) is 29.4 Å². The predicted octanol–water partition coefficient (Wildman–Crippen LogP) is 2.09. The van der Waals surface area contributed by atoms with Crippen molar-refractivity contribution < 1.29 is 24.4 Å². The first-order chi connectivity index (χ1) is 13.9. The summed E-state index contributed by atoms with van der Waals surface area (Å²) in [5.74, 6) is -0.747. The number of benzene rings is 1. The smallest absolute Gasteiger partial charge is 0.315 e. The van der Waals surface area contributed by atoms with Crippen LogP contribution in [0.5, 0.6) is 11.5 Å². The summed E-state index contributed by atoms with van der Waals surface area (Å²) >= 11 is 0. The average Bonchev–Trinajstić information content (AvgIpc) is 3.47. The standard InChI is InChI=1S/C20H19N3O6/c1-2-29-15-6-9(5-14(18(15)24)23(27)28)8-21-22-19(25)16-10-3-4-11(13-7-12(10)13)17(16)20(22)26/h3-6,8,10-13,16-17,24H,2,7H2,1H3/b21-8-/t10-,11-,12-,13+,16+,17+/m1/s1. The molecule has 9 nitrogen and oxygen atoms in total. The van der Waals surface area contributed by atoms with Crippen molar-refractivity contribution in [3.8, 4) is 11.5 Å². The van der Waals surface area contributed by atoms with Crippen molar-refractivity contribution in [1.82, 2.24) is 5.01 Å². The number of carbonyl (C=O) groups is 2. The lowest BCUT2D eigenvalue weighted by Gasteiger charge is -2.37. The molecule has 29 heavy (non-hydrogen) atoms. The Kier molecular flexibility index (Phi) is 3.77. The Morgan fingerprint density at radius 3 is 2.41 bits per heavy atom. The molecule has 1 aromatic rings. The van der Waals surface area contributed by atoms with Gasteiger partial charge in [-0.25, -0.2) is 0 Å². The van der Waals surface area contributed by atoms with Crippen LogP contribution in [0.1, 0.15) is 18.9 Å². The Morgan fingerprint density at radius 1 is 1.24 bits per heavy atom. The third kappa shape index (κ3) is 2.49. The maximum absolute atomic E-state index is 12.9. The quantitative estimate of drug-likeness (QED) is 0.267. The molecule has 2 saturated carbocycles. The van der Waals surface area contributed by atoms with Crippen LogP contribution in [0.25, 0.3) is 0 Å². The molecule has 2 bridgehead atoms. The van der Waals surface area contributed by atoms with Crippen LogP contribution in [0.3, 0.4) is 0 Å². The minimum Gasteiger partial charge on any atom is -0.500 e. The summed E-state index contributed by atoms with van der Waals surface area (Å²) in [7, 11) is 0. The number of nitro benzene ring substituents is 1. The first-order valence-corrected chi connectivity index (χ1v) is 9.66. The van der Waals surface area contributed by atoms with Gasteiger partial charge in [-0.05, 0) is 43.1 Å². The Hall–Kier alpha value is -3.23. The zero-order valence-corrected chi connectivity index (χ0v) is 15.6. The number of allylic oxidation sites excluding steroid dienone is 2. The predicted molar refractivity (Wildman–Crippen MR) is 100 cm³/mol. The largest absolute Gasteiger partial charge is 0.500 e.